The predicted molar refractivity (Wildman–Crippen MR) is 73.1 cm³/mol. The van der Waals surface area contributed by atoms with Gasteiger partial charge in [0.15, 0.2) is 11.5 Å². The highest BCUT2D eigenvalue weighted by Gasteiger charge is 2.16. The molecule has 0 aliphatic heterocycles. The van der Waals surface area contributed by atoms with Crippen LogP contribution in [-0.4, -0.2) is 43.3 Å². The van der Waals surface area contributed by atoms with Gasteiger partial charge in [-0.2, -0.15) is 0 Å². The fraction of sp³-hybridized carbons (Fsp3) is 0.462. The van der Waals surface area contributed by atoms with Gasteiger partial charge in [0.25, 0.3) is 0 Å². The zero-order valence-corrected chi connectivity index (χ0v) is 12.0. The highest BCUT2D eigenvalue weighted by Crippen LogP contribution is 2.37. The van der Waals surface area contributed by atoms with Gasteiger partial charge in [0.1, 0.15) is 0 Å². The van der Waals surface area contributed by atoms with Gasteiger partial charge in [-0.3, -0.25) is 9.69 Å². The fourth-order valence-electron chi connectivity index (χ4n) is 1.76. The molecular weight excluding hydrogens is 270 g/mol. The van der Waals surface area contributed by atoms with Gasteiger partial charge in [0.2, 0.25) is 0 Å². The van der Waals surface area contributed by atoms with E-state index in [-0.39, 0.29) is 6.54 Å². The molecule has 106 valence electrons. The standard InChI is InChI=1S/C13H18ClNO4/c1-4-15(8-11(16)17)7-9-5-6-10(18-2)13(19-3)12(9)14/h5-6H,4,7-8H2,1-3H3,(H,16,17). The Morgan fingerprint density at radius 2 is 2.05 bits per heavy atom. The normalized spacial score (nSPS) is 10.6. The lowest BCUT2D eigenvalue weighted by atomic mass is 10.2. The number of carboxylic acid groups (broad SMARTS) is 1. The summed E-state index contributed by atoms with van der Waals surface area (Å²) in [6.45, 7) is 2.94. The number of ether oxygens (including phenoxy) is 2. The van der Waals surface area contributed by atoms with Crippen LogP contribution >= 0.6 is 11.6 Å². The van der Waals surface area contributed by atoms with Crippen LogP contribution in [0.2, 0.25) is 5.02 Å². The van der Waals surface area contributed by atoms with Crippen molar-refractivity contribution in [3.63, 3.8) is 0 Å². The first-order chi connectivity index (χ1) is 9.03. The molecule has 0 unspecified atom stereocenters. The van der Waals surface area contributed by atoms with Gasteiger partial charge in [-0.05, 0) is 18.2 Å². The van der Waals surface area contributed by atoms with Crippen molar-refractivity contribution >= 4 is 17.6 Å². The number of methoxy groups -OCH3 is 2. The van der Waals surface area contributed by atoms with E-state index in [4.69, 9.17) is 26.2 Å². The maximum atomic E-state index is 10.7. The highest BCUT2D eigenvalue weighted by atomic mass is 35.5. The zero-order valence-electron chi connectivity index (χ0n) is 11.3. The molecule has 0 aliphatic rings. The molecule has 0 spiro atoms. The quantitative estimate of drug-likeness (QED) is 0.833. The SMILES string of the molecule is CCN(CC(=O)O)Cc1ccc(OC)c(OC)c1Cl. The third-order valence-corrected chi connectivity index (χ3v) is 3.18. The monoisotopic (exact) mass is 287 g/mol. The number of hydrogen-bond acceptors (Lipinski definition) is 4. The van der Waals surface area contributed by atoms with Crippen LogP contribution in [0.15, 0.2) is 12.1 Å². The molecule has 1 aromatic carbocycles. The zero-order chi connectivity index (χ0) is 14.4. The van der Waals surface area contributed by atoms with Gasteiger partial charge in [-0.1, -0.05) is 24.6 Å². The van der Waals surface area contributed by atoms with Crippen LogP contribution in [0.4, 0.5) is 0 Å². The van der Waals surface area contributed by atoms with Gasteiger partial charge in [0, 0.05) is 6.54 Å². The van der Waals surface area contributed by atoms with Crippen molar-refractivity contribution in [1.82, 2.24) is 4.90 Å². The summed E-state index contributed by atoms with van der Waals surface area (Å²) in [6, 6.07) is 3.57. The molecule has 0 aromatic heterocycles. The van der Waals surface area contributed by atoms with E-state index >= 15 is 0 Å². The summed E-state index contributed by atoms with van der Waals surface area (Å²) in [6.07, 6.45) is 0. The molecule has 1 aromatic rings. The minimum Gasteiger partial charge on any atom is -0.493 e. The van der Waals surface area contributed by atoms with Gasteiger partial charge >= 0.3 is 5.97 Å². The van der Waals surface area contributed by atoms with Crippen molar-refractivity contribution in [1.29, 1.82) is 0 Å². The Balaban J connectivity index is 2.98. The van der Waals surface area contributed by atoms with Crippen LogP contribution in [0.25, 0.3) is 0 Å². The Bertz CT molecular complexity index is 451. The third kappa shape index (κ3) is 4.01. The van der Waals surface area contributed by atoms with Crippen LogP contribution < -0.4 is 9.47 Å². The van der Waals surface area contributed by atoms with E-state index in [9.17, 15) is 4.79 Å². The molecule has 0 fully saturated rings. The van der Waals surface area contributed by atoms with E-state index in [2.05, 4.69) is 0 Å². The number of benzene rings is 1. The van der Waals surface area contributed by atoms with E-state index in [0.717, 1.165) is 5.56 Å². The second-order valence-electron chi connectivity index (χ2n) is 3.97. The molecular formula is C13H18ClNO4. The third-order valence-electron chi connectivity index (χ3n) is 2.77. The van der Waals surface area contributed by atoms with E-state index in [1.165, 1.54) is 14.2 Å². The Labute approximate surface area is 117 Å². The van der Waals surface area contributed by atoms with Crippen molar-refractivity contribution in [2.45, 2.75) is 13.5 Å². The van der Waals surface area contributed by atoms with E-state index in [1.54, 1.807) is 11.0 Å². The predicted octanol–water partition coefficient (Wildman–Crippen LogP) is 2.26. The number of carboxylic acids is 1. The average Bonchev–Trinajstić information content (AvgIpc) is 2.39. The Morgan fingerprint density at radius 1 is 1.37 bits per heavy atom. The second kappa shape index (κ2) is 7.21. The molecule has 5 nitrogen and oxygen atoms in total. The fourth-order valence-corrected chi connectivity index (χ4v) is 2.06. The molecule has 6 heteroatoms. The summed E-state index contributed by atoms with van der Waals surface area (Å²) in [5.41, 5.74) is 0.808. The number of nitrogens with zero attached hydrogens (tertiary/aromatic N) is 1. The number of likely N-dealkylation sites (N-methyl/N-ethyl adjacent to an activating group) is 1. The molecule has 0 saturated carbocycles. The molecule has 0 aliphatic carbocycles. The molecule has 0 heterocycles. The summed E-state index contributed by atoms with van der Waals surface area (Å²) in [4.78, 5) is 12.5. The number of hydrogen-bond donors (Lipinski definition) is 1. The van der Waals surface area contributed by atoms with Crippen LogP contribution in [-0.2, 0) is 11.3 Å². The van der Waals surface area contributed by atoms with Gasteiger partial charge < -0.3 is 14.6 Å². The lowest BCUT2D eigenvalue weighted by molar-refractivity contribution is -0.138. The average molecular weight is 288 g/mol. The van der Waals surface area contributed by atoms with Crippen molar-refractivity contribution in [2.75, 3.05) is 27.3 Å². The summed E-state index contributed by atoms with van der Waals surface area (Å²) in [5, 5.41) is 9.28. The summed E-state index contributed by atoms with van der Waals surface area (Å²) in [5.74, 6) is 0.157. The topological polar surface area (TPSA) is 59.0 Å². The first-order valence-corrected chi connectivity index (χ1v) is 6.24. The Hall–Kier alpha value is -1.46. The largest absolute Gasteiger partial charge is 0.493 e. The lowest BCUT2D eigenvalue weighted by Gasteiger charge is -2.20. The summed E-state index contributed by atoms with van der Waals surface area (Å²) >= 11 is 6.25. The smallest absolute Gasteiger partial charge is 0.317 e. The first-order valence-electron chi connectivity index (χ1n) is 5.87. The number of halogens is 1. The maximum absolute atomic E-state index is 10.7. The van der Waals surface area contributed by atoms with Crippen LogP contribution in [0.1, 0.15) is 12.5 Å². The number of aliphatic carboxylic acids is 1. The van der Waals surface area contributed by atoms with Gasteiger partial charge in [-0.25, -0.2) is 0 Å². The second-order valence-corrected chi connectivity index (χ2v) is 4.35. The first kappa shape index (κ1) is 15.6. The Kier molecular flexibility index (Phi) is 5.92. The lowest BCUT2D eigenvalue weighted by Crippen LogP contribution is -2.29. The van der Waals surface area contributed by atoms with Crippen molar-refractivity contribution in [3.8, 4) is 11.5 Å². The van der Waals surface area contributed by atoms with E-state index < -0.39 is 5.97 Å². The van der Waals surface area contributed by atoms with Crippen LogP contribution in [0.3, 0.4) is 0 Å². The maximum Gasteiger partial charge on any atom is 0.317 e. The molecule has 19 heavy (non-hydrogen) atoms. The molecule has 0 atom stereocenters. The minimum absolute atomic E-state index is 0.0266. The summed E-state index contributed by atoms with van der Waals surface area (Å²) in [7, 11) is 3.05. The molecule has 0 saturated heterocycles. The van der Waals surface area contributed by atoms with Crippen molar-refractivity contribution in [3.05, 3.63) is 22.7 Å². The molecule has 0 bridgehead atoms. The van der Waals surface area contributed by atoms with E-state index in [1.807, 2.05) is 13.0 Å². The molecule has 1 rings (SSSR count). The highest BCUT2D eigenvalue weighted by molar-refractivity contribution is 6.33. The van der Waals surface area contributed by atoms with Crippen LogP contribution in [0, 0.1) is 0 Å². The van der Waals surface area contributed by atoms with Crippen molar-refractivity contribution in [2.24, 2.45) is 0 Å². The van der Waals surface area contributed by atoms with Gasteiger partial charge in [-0.15, -0.1) is 0 Å². The number of rotatable bonds is 7. The molecule has 0 amide bonds. The van der Waals surface area contributed by atoms with Crippen LogP contribution in [0.5, 0.6) is 11.5 Å². The number of carbonyl (C=O) groups is 1. The Morgan fingerprint density at radius 3 is 2.53 bits per heavy atom. The molecule has 0 radical (unpaired) electrons. The molecule has 1 N–H and O–H groups in total. The van der Waals surface area contributed by atoms with Gasteiger partial charge in [0.05, 0.1) is 25.8 Å². The van der Waals surface area contributed by atoms with E-state index in [0.29, 0.717) is 29.6 Å². The summed E-state index contributed by atoms with van der Waals surface area (Å²) < 4.78 is 10.4. The minimum atomic E-state index is -0.863. The van der Waals surface area contributed by atoms with Crippen molar-refractivity contribution < 1.29 is 19.4 Å².